The van der Waals surface area contributed by atoms with Crippen LogP contribution in [-0.2, 0) is 65.4 Å². The van der Waals surface area contributed by atoms with Crippen molar-refractivity contribution >= 4 is 39.5 Å². The van der Waals surface area contributed by atoms with Gasteiger partial charge >= 0.3 is 39.5 Å². The van der Waals surface area contributed by atoms with Crippen LogP contribution in [0.4, 0.5) is 0 Å². The summed E-state index contributed by atoms with van der Waals surface area (Å²) < 4.78 is 68.3. The van der Waals surface area contributed by atoms with Gasteiger partial charge in [-0.05, 0) is 77.0 Å². The molecule has 0 aromatic carbocycles. The van der Waals surface area contributed by atoms with Gasteiger partial charge in [-0.1, -0.05) is 282 Å². The maximum absolute atomic E-state index is 13.0. The molecule has 0 spiro atoms. The Bertz CT molecular complexity index is 1940. The van der Waals surface area contributed by atoms with Crippen LogP contribution >= 0.6 is 15.6 Å². The molecule has 92 heavy (non-hydrogen) atoms. The zero-order valence-corrected chi connectivity index (χ0v) is 60.3. The molecule has 0 heterocycles. The van der Waals surface area contributed by atoms with E-state index in [1.165, 1.54) is 109 Å². The van der Waals surface area contributed by atoms with Gasteiger partial charge in [0.25, 0.3) is 0 Å². The van der Waals surface area contributed by atoms with Crippen molar-refractivity contribution in [2.45, 2.75) is 354 Å². The highest BCUT2D eigenvalue weighted by Crippen LogP contribution is 2.45. The van der Waals surface area contributed by atoms with Gasteiger partial charge in [0.1, 0.15) is 19.3 Å². The fourth-order valence-electron chi connectivity index (χ4n) is 10.1. The van der Waals surface area contributed by atoms with Crippen LogP contribution in [0, 0.1) is 0 Å². The van der Waals surface area contributed by atoms with E-state index in [9.17, 15) is 43.2 Å². The van der Waals surface area contributed by atoms with Crippen LogP contribution in [0.15, 0.2) is 48.6 Å². The van der Waals surface area contributed by atoms with Crippen LogP contribution < -0.4 is 0 Å². The van der Waals surface area contributed by atoms with Crippen molar-refractivity contribution in [2.75, 3.05) is 39.6 Å². The zero-order chi connectivity index (χ0) is 67.5. The first kappa shape index (κ1) is 89.0. The first-order chi connectivity index (χ1) is 44.7. The summed E-state index contributed by atoms with van der Waals surface area (Å²) in [5.74, 6) is -2.17. The van der Waals surface area contributed by atoms with E-state index in [2.05, 4.69) is 76.3 Å². The molecule has 3 N–H and O–H groups in total. The summed E-state index contributed by atoms with van der Waals surface area (Å²) in [5, 5.41) is 10.6. The van der Waals surface area contributed by atoms with Crippen molar-refractivity contribution in [3.05, 3.63) is 48.6 Å². The summed E-state index contributed by atoms with van der Waals surface area (Å²) >= 11 is 0. The summed E-state index contributed by atoms with van der Waals surface area (Å²) in [6.07, 6.45) is 61.1. The van der Waals surface area contributed by atoms with Crippen LogP contribution in [0.1, 0.15) is 336 Å². The van der Waals surface area contributed by atoms with Crippen molar-refractivity contribution in [3.8, 4) is 0 Å². The Kier molecular flexibility index (Phi) is 64.5. The van der Waals surface area contributed by atoms with E-state index >= 15 is 0 Å². The maximum atomic E-state index is 13.0. The Hall–Kier alpha value is -2.98. The molecule has 0 aliphatic heterocycles. The van der Waals surface area contributed by atoms with E-state index in [1.54, 1.807) is 0 Å². The molecule has 0 saturated heterocycles. The first-order valence-corrected chi connectivity index (χ1v) is 39.9. The predicted molar refractivity (Wildman–Crippen MR) is 372 cm³/mol. The molecule has 0 radical (unpaired) electrons. The monoisotopic (exact) mass is 1340 g/mol. The lowest BCUT2D eigenvalue weighted by atomic mass is 10.0. The van der Waals surface area contributed by atoms with Gasteiger partial charge in [0.05, 0.1) is 26.4 Å². The number of allylic oxidation sites excluding steroid dienone is 8. The lowest BCUT2D eigenvalue weighted by Crippen LogP contribution is -2.30. The predicted octanol–water partition coefficient (Wildman–Crippen LogP) is 20.6. The van der Waals surface area contributed by atoms with E-state index in [0.717, 1.165) is 148 Å². The van der Waals surface area contributed by atoms with Gasteiger partial charge in [-0.3, -0.25) is 37.3 Å². The van der Waals surface area contributed by atoms with E-state index < -0.39 is 97.5 Å². The zero-order valence-electron chi connectivity index (χ0n) is 58.5. The van der Waals surface area contributed by atoms with Crippen LogP contribution in [0.2, 0.25) is 0 Å². The fraction of sp³-hybridized carbons (Fsp3) is 0.836. The summed E-state index contributed by atoms with van der Waals surface area (Å²) in [4.78, 5) is 72.6. The third-order valence-corrected chi connectivity index (χ3v) is 17.7. The Balaban J connectivity index is 5.31. The van der Waals surface area contributed by atoms with Gasteiger partial charge in [-0.25, -0.2) is 9.13 Å². The second-order valence-corrected chi connectivity index (χ2v) is 27.8. The lowest BCUT2D eigenvalue weighted by molar-refractivity contribution is -0.161. The van der Waals surface area contributed by atoms with Gasteiger partial charge in [0.2, 0.25) is 0 Å². The van der Waals surface area contributed by atoms with Gasteiger partial charge in [-0.2, -0.15) is 0 Å². The summed E-state index contributed by atoms with van der Waals surface area (Å²) in [6.45, 7) is 4.76. The average molecular weight is 1350 g/mol. The van der Waals surface area contributed by atoms with Crippen LogP contribution in [0.5, 0.6) is 0 Å². The molecule has 17 nitrogen and oxygen atoms in total. The molecule has 0 aromatic heterocycles. The number of rotatable bonds is 70. The van der Waals surface area contributed by atoms with Crippen molar-refractivity contribution in [3.63, 3.8) is 0 Å². The second kappa shape index (κ2) is 66.6. The highest BCUT2D eigenvalue weighted by atomic mass is 31.2. The van der Waals surface area contributed by atoms with Crippen molar-refractivity contribution in [2.24, 2.45) is 0 Å². The summed E-state index contributed by atoms with van der Waals surface area (Å²) in [5.41, 5.74) is 0. The van der Waals surface area contributed by atoms with Gasteiger partial charge in [0.15, 0.2) is 12.2 Å². The van der Waals surface area contributed by atoms with Gasteiger partial charge in [0, 0.05) is 25.7 Å². The largest absolute Gasteiger partial charge is 0.472 e. The molecule has 538 valence electrons. The molecular weight excluding hydrogens is 1210 g/mol. The van der Waals surface area contributed by atoms with E-state index in [4.69, 9.17) is 37.0 Å². The molecule has 5 unspecified atom stereocenters. The number of carbonyl (C=O) groups excluding carboxylic acids is 4. The average Bonchev–Trinajstić information content (AvgIpc) is 3.63. The Morgan fingerprint density at radius 1 is 0.304 bits per heavy atom. The van der Waals surface area contributed by atoms with Crippen molar-refractivity contribution in [1.82, 2.24) is 0 Å². The minimum Gasteiger partial charge on any atom is -0.462 e. The first-order valence-electron chi connectivity index (χ1n) is 36.9. The molecule has 0 rings (SSSR count). The number of phosphoric ester groups is 2. The lowest BCUT2D eigenvalue weighted by Gasteiger charge is -2.21. The molecule has 0 aromatic rings. The Morgan fingerprint density at radius 3 is 0.848 bits per heavy atom. The van der Waals surface area contributed by atoms with Crippen molar-refractivity contribution in [1.29, 1.82) is 0 Å². The molecule has 0 bridgehead atoms. The fourth-order valence-corrected chi connectivity index (χ4v) is 11.7. The van der Waals surface area contributed by atoms with Crippen LogP contribution in [0.25, 0.3) is 0 Å². The van der Waals surface area contributed by atoms with Gasteiger partial charge in [-0.15, -0.1) is 0 Å². The number of hydrogen-bond donors (Lipinski definition) is 3. The smallest absolute Gasteiger partial charge is 0.462 e. The molecule has 0 aliphatic rings. The quantitative estimate of drug-likeness (QED) is 0.0169. The normalized spacial score (nSPS) is 14.3. The number of unbranched alkanes of at least 4 members (excludes halogenated alkanes) is 36. The van der Waals surface area contributed by atoms with Crippen molar-refractivity contribution < 1.29 is 80.2 Å². The number of ether oxygens (including phenoxy) is 4. The highest BCUT2D eigenvalue weighted by Gasteiger charge is 2.30. The number of aliphatic hydroxyl groups is 1. The van der Waals surface area contributed by atoms with E-state index in [1.807, 2.05) is 0 Å². The second-order valence-electron chi connectivity index (χ2n) is 24.9. The molecule has 19 heteroatoms. The van der Waals surface area contributed by atoms with E-state index in [0.29, 0.717) is 25.7 Å². The molecular formula is C73H134O17P2. The SMILES string of the molecule is CCC/C=C\C/C=C\CCCCCCCC(=O)OCC(COP(=O)(O)OCC(O)COP(=O)(O)OCC(COC(=O)CCCCCCCCCCCCCCC)OC(=O)CCCCCCCCCCCCCCC)OC(=O)CCCCCCC/C=C\C/C=C\CCC. The van der Waals surface area contributed by atoms with E-state index in [-0.39, 0.29) is 25.7 Å². The molecule has 5 atom stereocenters. The maximum Gasteiger partial charge on any atom is 0.472 e. The standard InChI is InChI=1S/C73H134O17P2/c1-5-9-13-17-21-25-29-33-37-41-45-49-53-57-70(75)83-63-68(89-72(77)59-55-51-47-43-39-35-31-27-23-19-15-11-7-3)65-87-91(79,80)85-61-67(74)62-86-92(81,82)88-66-69(90-73(78)60-56-52-48-44-40-36-32-28-24-20-16-12-8-4)64-84-71(76)58-54-50-46-42-38-34-30-26-22-18-14-10-6-2/h13,15,17,19,25,27,29,31,67-69,74H,5-12,14,16,18,20-24,26,28,30,32-66H2,1-4H3,(H,79,80)(H,81,82)/b17-13-,19-15-,29-25-,31-27-. The molecule has 0 saturated carbocycles. The third kappa shape index (κ3) is 65.7. The summed E-state index contributed by atoms with van der Waals surface area (Å²) in [7, 11) is -9.93. The molecule has 0 aliphatic carbocycles. The van der Waals surface area contributed by atoms with Gasteiger partial charge < -0.3 is 33.8 Å². The minimum absolute atomic E-state index is 0.0799. The number of hydrogen-bond acceptors (Lipinski definition) is 15. The summed E-state index contributed by atoms with van der Waals surface area (Å²) in [6, 6.07) is 0. The minimum atomic E-state index is -4.97. The topological polar surface area (TPSA) is 237 Å². The number of esters is 4. The van der Waals surface area contributed by atoms with Crippen LogP contribution in [-0.4, -0.2) is 96.7 Å². The Labute approximate surface area is 559 Å². The van der Waals surface area contributed by atoms with Crippen LogP contribution in [0.3, 0.4) is 0 Å². The molecule has 0 fully saturated rings. The number of phosphoric acid groups is 2. The number of carbonyl (C=O) groups is 4. The highest BCUT2D eigenvalue weighted by molar-refractivity contribution is 7.47. The third-order valence-electron chi connectivity index (χ3n) is 15.8. The Morgan fingerprint density at radius 2 is 0.554 bits per heavy atom. The molecule has 0 amide bonds. The number of aliphatic hydroxyl groups excluding tert-OH is 1.